The number of morpholine rings is 1. The standard InChI is InChI=1S/C25H32N4O4S/c1-15-6-5-7-18(16(15)2)23(32)28-24-27-19-12-17(13-20(30)21(19)34-24)22(31)26-14-25(3,4)29-8-10-33-11-9-29/h5-7,17H,8-14H2,1-4H3,(H,26,31)(H,27,28,32)/t17-/m0/s1. The number of rotatable bonds is 6. The number of carbonyl (C=O) groups is 3. The van der Waals surface area contributed by atoms with Crippen LogP contribution in [-0.4, -0.2) is 65.9 Å². The molecule has 1 aliphatic heterocycles. The lowest BCUT2D eigenvalue weighted by Gasteiger charge is -2.41. The first-order valence-electron chi connectivity index (χ1n) is 11.7. The molecule has 2 amide bonds. The number of thiazole rings is 1. The van der Waals surface area contributed by atoms with Crippen LogP contribution in [0.25, 0.3) is 0 Å². The third-order valence-corrected chi connectivity index (χ3v) is 7.88. The molecule has 0 bridgehead atoms. The number of carbonyl (C=O) groups excluding carboxylic acids is 3. The van der Waals surface area contributed by atoms with Crippen molar-refractivity contribution in [2.24, 2.45) is 5.92 Å². The van der Waals surface area contributed by atoms with Gasteiger partial charge in [-0.25, -0.2) is 4.98 Å². The first-order valence-corrected chi connectivity index (χ1v) is 12.5. The Labute approximate surface area is 204 Å². The van der Waals surface area contributed by atoms with Gasteiger partial charge in [-0.2, -0.15) is 0 Å². The highest BCUT2D eigenvalue weighted by Crippen LogP contribution is 2.33. The van der Waals surface area contributed by atoms with Gasteiger partial charge in [0.2, 0.25) is 5.91 Å². The molecular weight excluding hydrogens is 452 g/mol. The van der Waals surface area contributed by atoms with E-state index in [2.05, 4.69) is 34.4 Å². The van der Waals surface area contributed by atoms with Gasteiger partial charge in [0.05, 0.1) is 29.7 Å². The number of fused-ring (bicyclic) bond motifs is 1. The number of ether oxygens (including phenoxy) is 1. The fourth-order valence-corrected chi connectivity index (χ4v) is 5.40. The zero-order valence-corrected chi connectivity index (χ0v) is 21.0. The molecule has 34 heavy (non-hydrogen) atoms. The van der Waals surface area contributed by atoms with Crippen molar-refractivity contribution < 1.29 is 19.1 Å². The van der Waals surface area contributed by atoms with E-state index >= 15 is 0 Å². The van der Waals surface area contributed by atoms with Crippen LogP contribution in [0, 0.1) is 19.8 Å². The van der Waals surface area contributed by atoms with Gasteiger partial charge in [-0.15, -0.1) is 0 Å². The summed E-state index contributed by atoms with van der Waals surface area (Å²) in [4.78, 5) is 45.8. The molecular formula is C25H32N4O4S. The molecule has 8 nitrogen and oxygen atoms in total. The van der Waals surface area contributed by atoms with Gasteiger partial charge >= 0.3 is 0 Å². The van der Waals surface area contributed by atoms with Crippen LogP contribution in [0.15, 0.2) is 18.2 Å². The number of ketones is 1. The van der Waals surface area contributed by atoms with Gasteiger partial charge in [-0.1, -0.05) is 23.5 Å². The molecule has 4 rings (SSSR count). The maximum Gasteiger partial charge on any atom is 0.257 e. The highest BCUT2D eigenvalue weighted by atomic mass is 32.1. The van der Waals surface area contributed by atoms with Crippen molar-refractivity contribution >= 4 is 34.1 Å². The summed E-state index contributed by atoms with van der Waals surface area (Å²) < 4.78 is 5.42. The van der Waals surface area contributed by atoms with Crippen molar-refractivity contribution in [1.29, 1.82) is 0 Å². The lowest BCUT2D eigenvalue weighted by atomic mass is 9.89. The predicted octanol–water partition coefficient (Wildman–Crippen LogP) is 2.98. The Morgan fingerprint density at radius 1 is 1.21 bits per heavy atom. The Hall–Kier alpha value is -2.62. The second-order valence-electron chi connectivity index (χ2n) is 9.65. The van der Waals surface area contributed by atoms with Gasteiger partial charge in [0.15, 0.2) is 10.9 Å². The smallest absolute Gasteiger partial charge is 0.257 e. The minimum atomic E-state index is -0.454. The van der Waals surface area contributed by atoms with Crippen LogP contribution >= 0.6 is 11.3 Å². The van der Waals surface area contributed by atoms with E-state index in [0.29, 0.717) is 47.4 Å². The molecule has 1 fully saturated rings. The monoisotopic (exact) mass is 484 g/mol. The first kappa shape index (κ1) is 24.5. The van der Waals surface area contributed by atoms with Gasteiger partial charge in [0.25, 0.3) is 5.91 Å². The largest absolute Gasteiger partial charge is 0.379 e. The third kappa shape index (κ3) is 5.21. The summed E-state index contributed by atoms with van der Waals surface area (Å²) in [6.45, 7) is 11.6. The molecule has 2 heterocycles. The van der Waals surface area contributed by atoms with E-state index in [1.807, 2.05) is 26.0 Å². The molecule has 0 radical (unpaired) electrons. The molecule has 2 N–H and O–H groups in total. The summed E-state index contributed by atoms with van der Waals surface area (Å²) in [5.74, 6) is -0.933. The summed E-state index contributed by atoms with van der Waals surface area (Å²) in [5.41, 5.74) is 2.92. The van der Waals surface area contributed by atoms with Gasteiger partial charge in [-0.05, 0) is 44.9 Å². The minimum Gasteiger partial charge on any atom is -0.379 e. The lowest BCUT2D eigenvalue weighted by molar-refractivity contribution is -0.125. The van der Waals surface area contributed by atoms with Crippen LogP contribution in [-0.2, 0) is 16.0 Å². The van der Waals surface area contributed by atoms with E-state index in [1.54, 1.807) is 6.07 Å². The quantitative estimate of drug-likeness (QED) is 0.654. The zero-order chi connectivity index (χ0) is 24.5. The molecule has 2 aromatic rings. The molecule has 0 spiro atoms. The number of benzene rings is 1. The normalized spacial score (nSPS) is 18.9. The highest BCUT2D eigenvalue weighted by Gasteiger charge is 2.35. The summed E-state index contributed by atoms with van der Waals surface area (Å²) >= 11 is 1.18. The Bertz CT molecular complexity index is 1100. The average molecular weight is 485 g/mol. The second kappa shape index (κ2) is 9.93. The van der Waals surface area contributed by atoms with Crippen LogP contribution in [0.5, 0.6) is 0 Å². The Morgan fingerprint density at radius 3 is 2.68 bits per heavy atom. The van der Waals surface area contributed by atoms with Gasteiger partial charge in [0, 0.05) is 43.6 Å². The number of amides is 2. The van der Waals surface area contributed by atoms with Crippen molar-refractivity contribution in [3.8, 4) is 0 Å². The van der Waals surface area contributed by atoms with Crippen LogP contribution in [0.3, 0.4) is 0 Å². The lowest BCUT2D eigenvalue weighted by Crippen LogP contribution is -2.56. The SMILES string of the molecule is Cc1cccc(C(=O)Nc2nc3c(s2)C(=O)C[C@@H](C(=O)NCC(C)(C)N2CCOCC2)C3)c1C. The maximum atomic E-state index is 12.9. The number of aryl methyl sites for hydroxylation is 1. The molecule has 0 saturated carbocycles. The number of aromatic nitrogens is 1. The number of nitrogens with zero attached hydrogens (tertiary/aromatic N) is 2. The molecule has 1 aromatic carbocycles. The third-order valence-electron chi connectivity index (χ3n) is 6.83. The zero-order valence-electron chi connectivity index (χ0n) is 20.2. The van der Waals surface area contributed by atoms with Crippen LogP contribution in [0.2, 0.25) is 0 Å². The van der Waals surface area contributed by atoms with Gasteiger partial charge in [-0.3, -0.25) is 24.6 Å². The average Bonchev–Trinajstić information content (AvgIpc) is 3.23. The Morgan fingerprint density at radius 2 is 1.94 bits per heavy atom. The van der Waals surface area contributed by atoms with Crippen molar-refractivity contribution in [2.75, 3.05) is 38.2 Å². The fraction of sp³-hybridized carbons (Fsp3) is 0.520. The first-order chi connectivity index (χ1) is 16.2. The topological polar surface area (TPSA) is 101 Å². The maximum absolute atomic E-state index is 12.9. The van der Waals surface area contributed by atoms with E-state index in [0.717, 1.165) is 24.2 Å². The van der Waals surface area contributed by atoms with E-state index in [-0.39, 0.29) is 29.6 Å². The molecule has 182 valence electrons. The van der Waals surface area contributed by atoms with E-state index in [9.17, 15) is 14.4 Å². The minimum absolute atomic E-state index is 0.0985. The summed E-state index contributed by atoms with van der Waals surface area (Å²) in [7, 11) is 0. The van der Waals surface area contributed by atoms with Crippen molar-refractivity contribution in [2.45, 2.75) is 46.1 Å². The van der Waals surface area contributed by atoms with Gasteiger partial charge < -0.3 is 10.1 Å². The predicted molar refractivity (Wildman–Crippen MR) is 132 cm³/mol. The Kier molecular flexibility index (Phi) is 7.16. The number of hydrogen-bond acceptors (Lipinski definition) is 7. The van der Waals surface area contributed by atoms with E-state index in [4.69, 9.17) is 4.74 Å². The summed E-state index contributed by atoms with van der Waals surface area (Å²) in [5, 5.41) is 6.26. The van der Waals surface area contributed by atoms with E-state index < -0.39 is 5.92 Å². The molecule has 1 saturated heterocycles. The number of hydrogen-bond donors (Lipinski definition) is 2. The molecule has 0 unspecified atom stereocenters. The fourth-order valence-electron chi connectivity index (χ4n) is 4.46. The summed E-state index contributed by atoms with van der Waals surface area (Å²) in [6.07, 6.45) is 0.546. The number of Topliss-reactive ketones (excluding diaryl/α,β-unsaturated/α-hetero) is 1. The molecule has 1 aromatic heterocycles. The van der Waals surface area contributed by atoms with Crippen LogP contribution in [0.4, 0.5) is 5.13 Å². The highest BCUT2D eigenvalue weighted by molar-refractivity contribution is 7.17. The Balaban J connectivity index is 1.39. The second-order valence-corrected chi connectivity index (χ2v) is 10.7. The summed E-state index contributed by atoms with van der Waals surface area (Å²) in [6, 6.07) is 5.58. The number of nitrogens with one attached hydrogen (secondary N) is 2. The molecule has 2 aliphatic rings. The molecule has 9 heteroatoms. The van der Waals surface area contributed by atoms with Crippen molar-refractivity contribution in [1.82, 2.24) is 15.2 Å². The van der Waals surface area contributed by atoms with Crippen molar-refractivity contribution in [3.05, 3.63) is 45.5 Å². The van der Waals surface area contributed by atoms with E-state index in [1.165, 1.54) is 11.3 Å². The molecule has 1 atom stereocenters. The van der Waals surface area contributed by atoms with Gasteiger partial charge in [0.1, 0.15) is 0 Å². The number of anilines is 1. The molecule has 1 aliphatic carbocycles. The van der Waals surface area contributed by atoms with Crippen LogP contribution < -0.4 is 10.6 Å². The van der Waals surface area contributed by atoms with Crippen molar-refractivity contribution in [3.63, 3.8) is 0 Å². The van der Waals surface area contributed by atoms with Crippen LogP contribution in [0.1, 0.15) is 57.1 Å².